The monoisotopic (exact) mass is 234 g/mol. The molecule has 0 aliphatic carbocycles. The number of hydrogen-bond acceptors (Lipinski definition) is 3. The molecule has 0 amide bonds. The van der Waals surface area contributed by atoms with Gasteiger partial charge < -0.3 is 0 Å². The Balaban J connectivity index is 2.48. The number of hydrogen-bond donors (Lipinski definition) is 0. The van der Waals surface area contributed by atoms with E-state index < -0.39 is 0 Å². The first-order valence-electron chi connectivity index (χ1n) is 4.85. The molecular formula is C11H11ClN4. The van der Waals surface area contributed by atoms with Gasteiger partial charge in [-0.25, -0.2) is 9.67 Å². The summed E-state index contributed by atoms with van der Waals surface area (Å²) in [5.41, 5.74) is 1.69. The largest absolute Gasteiger partial charge is 0.261 e. The second-order valence-electron chi connectivity index (χ2n) is 3.26. The summed E-state index contributed by atoms with van der Waals surface area (Å²) >= 11 is 6.17. The van der Waals surface area contributed by atoms with E-state index in [1.165, 1.54) is 6.33 Å². The molecule has 82 valence electrons. The van der Waals surface area contributed by atoms with Crippen LogP contribution in [0.15, 0.2) is 29.5 Å². The van der Waals surface area contributed by atoms with Gasteiger partial charge in [0.15, 0.2) is 5.82 Å². The molecule has 1 aromatic carbocycles. The predicted molar refractivity (Wildman–Crippen MR) is 65.3 cm³/mol. The number of aromatic nitrogens is 3. The van der Waals surface area contributed by atoms with Crippen molar-refractivity contribution in [2.75, 3.05) is 0 Å². The van der Waals surface area contributed by atoms with Gasteiger partial charge in [-0.1, -0.05) is 11.6 Å². The molecular weight excluding hydrogens is 224 g/mol. The van der Waals surface area contributed by atoms with Crippen molar-refractivity contribution in [2.24, 2.45) is 12.0 Å². The van der Waals surface area contributed by atoms with Crippen LogP contribution in [0, 0.1) is 0 Å². The Morgan fingerprint density at radius 3 is 2.81 bits per heavy atom. The standard InChI is InChI=1S/C11H11ClN4/c1-3-13-8-4-5-9(10(12)6-8)11-14-7-15-16(11)2/h3-7H,1-2H3/b13-3-. The molecule has 0 aliphatic rings. The molecule has 1 aromatic heterocycles. The molecule has 0 aliphatic heterocycles. The maximum absolute atomic E-state index is 6.17. The fraction of sp³-hybridized carbons (Fsp3) is 0.182. The molecule has 4 nitrogen and oxygen atoms in total. The van der Waals surface area contributed by atoms with Crippen LogP contribution < -0.4 is 0 Å². The quantitative estimate of drug-likeness (QED) is 0.750. The molecule has 16 heavy (non-hydrogen) atoms. The minimum absolute atomic E-state index is 0.624. The first-order chi connectivity index (χ1) is 7.72. The van der Waals surface area contributed by atoms with Crippen molar-refractivity contribution in [3.63, 3.8) is 0 Å². The van der Waals surface area contributed by atoms with E-state index in [0.29, 0.717) is 5.02 Å². The highest BCUT2D eigenvalue weighted by Gasteiger charge is 2.08. The molecule has 1 heterocycles. The Labute approximate surface area is 98.6 Å². The van der Waals surface area contributed by atoms with Crippen molar-refractivity contribution in [3.05, 3.63) is 29.5 Å². The smallest absolute Gasteiger partial charge is 0.159 e. The highest BCUT2D eigenvalue weighted by Crippen LogP contribution is 2.29. The van der Waals surface area contributed by atoms with Crippen molar-refractivity contribution in [3.8, 4) is 11.4 Å². The highest BCUT2D eigenvalue weighted by molar-refractivity contribution is 6.33. The van der Waals surface area contributed by atoms with Crippen molar-refractivity contribution in [2.45, 2.75) is 6.92 Å². The van der Waals surface area contributed by atoms with Gasteiger partial charge in [0.25, 0.3) is 0 Å². The fourth-order valence-electron chi connectivity index (χ4n) is 1.45. The summed E-state index contributed by atoms with van der Waals surface area (Å²) < 4.78 is 1.68. The van der Waals surface area contributed by atoms with Gasteiger partial charge in [0.2, 0.25) is 0 Å². The van der Waals surface area contributed by atoms with E-state index in [2.05, 4.69) is 15.1 Å². The molecule has 0 spiro atoms. The highest BCUT2D eigenvalue weighted by atomic mass is 35.5. The first-order valence-corrected chi connectivity index (χ1v) is 5.22. The van der Waals surface area contributed by atoms with Crippen LogP contribution in [0.4, 0.5) is 5.69 Å². The van der Waals surface area contributed by atoms with Gasteiger partial charge in [0, 0.05) is 18.8 Å². The van der Waals surface area contributed by atoms with Crippen molar-refractivity contribution >= 4 is 23.5 Å². The third-order valence-electron chi connectivity index (χ3n) is 2.18. The third-order valence-corrected chi connectivity index (χ3v) is 2.50. The lowest BCUT2D eigenvalue weighted by Crippen LogP contribution is -1.94. The van der Waals surface area contributed by atoms with Crippen LogP contribution in [0.25, 0.3) is 11.4 Å². The number of rotatable bonds is 2. The van der Waals surface area contributed by atoms with Gasteiger partial charge in [-0.15, -0.1) is 0 Å². The molecule has 0 N–H and O–H groups in total. The zero-order chi connectivity index (χ0) is 11.5. The summed E-state index contributed by atoms with van der Waals surface area (Å²) in [4.78, 5) is 8.31. The summed E-state index contributed by atoms with van der Waals surface area (Å²) in [5, 5.41) is 4.63. The van der Waals surface area contributed by atoms with Crippen LogP contribution in [0.5, 0.6) is 0 Å². The molecule has 0 fully saturated rings. The van der Waals surface area contributed by atoms with Gasteiger partial charge in [-0.3, -0.25) is 4.99 Å². The van der Waals surface area contributed by atoms with Crippen LogP contribution in [-0.2, 0) is 7.05 Å². The lowest BCUT2D eigenvalue weighted by atomic mass is 10.2. The van der Waals surface area contributed by atoms with E-state index in [0.717, 1.165) is 17.1 Å². The zero-order valence-corrected chi connectivity index (χ0v) is 9.81. The minimum atomic E-state index is 0.624. The SMILES string of the molecule is C/C=N\c1ccc(-c2ncnn2C)c(Cl)c1. The van der Waals surface area contributed by atoms with E-state index in [4.69, 9.17) is 11.6 Å². The molecule has 0 saturated heterocycles. The number of aliphatic imine (C=N–C) groups is 1. The molecule has 2 aromatic rings. The Morgan fingerprint density at radius 2 is 2.25 bits per heavy atom. The average Bonchev–Trinajstić information content (AvgIpc) is 2.65. The molecule has 5 heteroatoms. The zero-order valence-electron chi connectivity index (χ0n) is 9.05. The van der Waals surface area contributed by atoms with Gasteiger partial charge in [0.1, 0.15) is 6.33 Å². The van der Waals surface area contributed by atoms with Crippen LogP contribution >= 0.6 is 11.6 Å². The summed E-state index contributed by atoms with van der Waals surface area (Å²) in [6.07, 6.45) is 3.23. The van der Waals surface area contributed by atoms with Crippen molar-refractivity contribution < 1.29 is 0 Å². The van der Waals surface area contributed by atoms with E-state index in [1.807, 2.05) is 32.2 Å². The van der Waals surface area contributed by atoms with Crippen LogP contribution in [0.2, 0.25) is 5.02 Å². The van der Waals surface area contributed by atoms with Crippen molar-refractivity contribution in [1.82, 2.24) is 14.8 Å². The average molecular weight is 235 g/mol. The van der Waals surface area contributed by atoms with E-state index >= 15 is 0 Å². The number of nitrogens with zero attached hydrogens (tertiary/aromatic N) is 4. The van der Waals surface area contributed by atoms with Crippen LogP contribution in [0.1, 0.15) is 6.92 Å². The van der Waals surface area contributed by atoms with Gasteiger partial charge in [0.05, 0.1) is 10.7 Å². The molecule has 0 saturated carbocycles. The molecule has 2 rings (SSSR count). The lowest BCUT2D eigenvalue weighted by molar-refractivity contribution is 0.774. The summed E-state index contributed by atoms with van der Waals surface area (Å²) in [5.74, 6) is 0.747. The molecule has 0 radical (unpaired) electrons. The molecule has 0 unspecified atom stereocenters. The molecule has 0 atom stereocenters. The lowest BCUT2D eigenvalue weighted by Gasteiger charge is -2.03. The number of halogens is 1. The van der Waals surface area contributed by atoms with Crippen LogP contribution in [0.3, 0.4) is 0 Å². The predicted octanol–water partition coefficient (Wildman–Crippen LogP) is 2.86. The van der Waals surface area contributed by atoms with E-state index in [9.17, 15) is 0 Å². The Kier molecular flexibility index (Phi) is 3.01. The fourth-order valence-corrected chi connectivity index (χ4v) is 1.71. The maximum Gasteiger partial charge on any atom is 0.159 e. The Hall–Kier alpha value is -1.68. The number of benzene rings is 1. The Morgan fingerprint density at radius 1 is 1.44 bits per heavy atom. The summed E-state index contributed by atoms with van der Waals surface area (Å²) in [6, 6.07) is 5.61. The van der Waals surface area contributed by atoms with Gasteiger partial charge >= 0.3 is 0 Å². The molecule has 0 bridgehead atoms. The third kappa shape index (κ3) is 1.97. The topological polar surface area (TPSA) is 43.1 Å². The summed E-state index contributed by atoms with van der Waals surface area (Å²) in [7, 11) is 1.83. The minimum Gasteiger partial charge on any atom is -0.261 e. The number of aryl methyl sites for hydroxylation is 1. The van der Waals surface area contributed by atoms with E-state index in [1.54, 1.807) is 10.9 Å². The normalized spacial score (nSPS) is 11.2. The van der Waals surface area contributed by atoms with Crippen LogP contribution in [-0.4, -0.2) is 21.0 Å². The summed E-state index contributed by atoms with van der Waals surface area (Å²) in [6.45, 7) is 1.87. The van der Waals surface area contributed by atoms with E-state index in [-0.39, 0.29) is 0 Å². The van der Waals surface area contributed by atoms with Gasteiger partial charge in [-0.2, -0.15) is 5.10 Å². The first kappa shape index (κ1) is 10.8. The maximum atomic E-state index is 6.17. The second kappa shape index (κ2) is 4.45. The second-order valence-corrected chi connectivity index (χ2v) is 3.67. The van der Waals surface area contributed by atoms with Crippen molar-refractivity contribution in [1.29, 1.82) is 0 Å². The Bertz CT molecular complexity index is 531. The van der Waals surface area contributed by atoms with Gasteiger partial charge in [-0.05, 0) is 25.1 Å².